The van der Waals surface area contributed by atoms with Crippen molar-refractivity contribution in [3.8, 4) is 0 Å². The molecule has 0 aliphatic carbocycles. The minimum absolute atomic E-state index is 0.115. The number of rotatable bonds is 6. The van der Waals surface area contributed by atoms with Crippen LogP contribution in [0.1, 0.15) is 23.2 Å². The van der Waals surface area contributed by atoms with Crippen LogP contribution in [0.15, 0.2) is 86.0 Å². The molecule has 0 bridgehead atoms. The predicted molar refractivity (Wildman–Crippen MR) is 81.9 cm³/mol. The third kappa shape index (κ3) is 3.43. The van der Waals surface area contributed by atoms with Crippen LogP contribution in [0.2, 0.25) is 0 Å². The molecule has 96 valence electrons. The number of hydrogen-bond acceptors (Lipinski definition) is 1. The van der Waals surface area contributed by atoms with Gasteiger partial charge in [-0.2, -0.15) is 0 Å². The van der Waals surface area contributed by atoms with E-state index in [1.165, 1.54) is 11.1 Å². The molecule has 0 aliphatic heterocycles. The van der Waals surface area contributed by atoms with Crippen molar-refractivity contribution in [1.82, 2.24) is 5.32 Å². The Hall–Kier alpha value is -2.12. The molecule has 2 aromatic carbocycles. The number of hydrogen-bond donors (Lipinski definition) is 1. The summed E-state index contributed by atoms with van der Waals surface area (Å²) >= 11 is 0. The van der Waals surface area contributed by atoms with E-state index < -0.39 is 0 Å². The van der Waals surface area contributed by atoms with Crippen LogP contribution in [0.5, 0.6) is 0 Å². The molecule has 1 N–H and O–H groups in total. The average molecular weight is 249 g/mol. The Morgan fingerprint density at radius 1 is 0.684 bits per heavy atom. The first-order chi connectivity index (χ1) is 9.35. The van der Waals surface area contributed by atoms with E-state index >= 15 is 0 Å². The van der Waals surface area contributed by atoms with Gasteiger partial charge in [0.1, 0.15) is 0 Å². The van der Waals surface area contributed by atoms with E-state index in [0.717, 1.165) is 0 Å². The molecule has 2 aromatic rings. The van der Waals surface area contributed by atoms with Crippen LogP contribution in [-0.4, -0.2) is 0 Å². The van der Waals surface area contributed by atoms with Gasteiger partial charge >= 0.3 is 0 Å². The van der Waals surface area contributed by atoms with Crippen molar-refractivity contribution in [2.45, 2.75) is 12.1 Å². The molecule has 0 amide bonds. The molecule has 0 fully saturated rings. The largest absolute Gasteiger partial charge is 0.296 e. The van der Waals surface area contributed by atoms with E-state index in [0.29, 0.717) is 0 Å². The van der Waals surface area contributed by atoms with Crippen LogP contribution >= 0.6 is 0 Å². The molecular formula is C18H19N. The van der Waals surface area contributed by atoms with Gasteiger partial charge in [0.2, 0.25) is 0 Å². The van der Waals surface area contributed by atoms with Crippen molar-refractivity contribution >= 4 is 0 Å². The van der Waals surface area contributed by atoms with Crippen LogP contribution in [0.4, 0.5) is 0 Å². The van der Waals surface area contributed by atoms with Crippen molar-refractivity contribution in [2.24, 2.45) is 0 Å². The lowest BCUT2D eigenvalue weighted by Gasteiger charge is -2.22. The predicted octanol–water partition coefficient (Wildman–Crippen LogP) is 4.43. The molecule has 0 aliphatic rings. The smallest absolute Gasteiger partial charge is 0.0510 e. The van der Waals surface area contributed by atoms with Crippen molar-refractivity contribution in [2.75, 3.05) is 0 Å². The van der Waals surface area contributed by atoms with Crippen LogP contribution in [0.25, 0.3) is 0 Å². The van der Waals surface area contributed by atoms with Crippen LogP contribution in [-0.2, 0) is 0 Å². The lowest BCUT2D eigenvalue weighted by atomic mass is 10.0. The van der Waals surface area contributed by atoms with Crippen molar-refractivity contribution in [3.05, 3.63) is 97.1 Å². The first-order valence-corrected chi connectivity index (χ1v) is 6.46. The van der Waals surface area contributed by atoms with Gasteiger partial charge in [-0.05, 0) is 11.1 Å². The van der Waals surface area contributed by atoms with Crippen molar-refractivity contribution in [1.29, 1.82) is 0 Å². The summed E-state index contributed by atoms with van der Waals surface area (Å²) in [7, 11) is 0. The number of nitrogens with one attached hydrogen (secondary N) is 1. The zero-order valence-corrected chi connectivity index (χ0v) is 11.0. The maximum Gasteiger partial charge on any atom is 0.0510 e. The molecule has 0 saturated carbocycles. The monoisotopic (exact) mass is 249 g/mol. The summed E-state index contributed by atoms with van der Waals surface area (Å²) in [6.07, 6.45) is 3.85. The standard InChI is InChI=1S/C18H19N/c1-3-17(15-11-7-5-8-12-15)19-18(4-2)16-13-9-6-10-14-16/h3-14,17-19H,1-2H2. The van der Waals surface area contributed by atoms with E-state index in [1.54, 1.807) is 0 Å². The summed E-state index contributed by atoms with van der Waals surface area (Å²) in [5, 5.41) is 3.55. The first kappa shape index (κ1) is 13.3. The molecule has 0 spiro atoms. The fourth-order valence-corrected chi connectivity index (χ4v) is 2.11. The summed E-state index contributed by atoms with van der Waals surface area (Å²) in [6, 6.07) is 20.8. The third-order valence-corrected chi connectivity index (χ3v) is 3.15. The molecule has 2 rings (SSSR count). The van der Waals surface area contributed by atoms with Gasteiger partial charge < -0.3 is 0 Å². The van der Waals surface area contributed by atoms with Gasteiger partial charge in [0.25, 0.3) is 0 Å². The lowest BCUT2D eigenvalue weighted by Crippen LogP contribution is -2.23. The van der Waals surface area contributed by atoms with Gasteiger partial charge in [-0.25, -0.2) is 0 Å². The molecule has 1 heteroatoms. The van der Waals surface area contributed by atoms with E-state index in [2.05, 4.69) is 42.7 Å². The fraction of sp³-hybridized carbons (Fsp3) is 0.111. The minimum Gasteiger partial charge on any atom is -0.296 e. The van der Waals surface area contributed by atoms with E-state index in [4.69, 9.17) is 0 Å². The highest BCUT2D eigenvalue weighted by molar-refractivity contribution is 5.26. The fourth-order valence-electron chi connectivity index (χ4n) is 2.11. The Balaban J connectivity index is 2.17. The van der Waals surface area contributed by atoms with Crippen LogP contribution < -0.4 is 5.32 Å². The molecule has 1 nitrogen and oxygen atoms in total. The summed E-state index contributed by atoms with van der Waals surface area (Å²) < 4.78 is 0. The molecule has 19 heavy (non-hydrogen) atoms. The van der Waals surface area contributed by atoms with Crippen LogP contribution in [0.3, 0.4) is 0 Å². The summed E-state index contributed by atoms with van der Waals surface area (Å²) in [5.41, 5.74) is 2.42. The Bertz CT molecular complexity index is 466. The van der Waals surface area contributed by atoms with Crippen molar-refractivity contribution in [3.63, 3.8) is 0 Å². The van der Waals surface area contributed by atoms with Crippen molar-refractivity contribution < 1.29 is 0 Å². The molecular weight excluding hydrogens is 230 g/mol. The van der Waals surface area contributed by atoms with Gasteiger partial charge in [-0.3, -0.25) is 5.32 Å². The Labute approximate surface area is 115 Å². The van der Waals surface area contributed by atoms with Gasteiger partial charge in [-0.15, -0.1) is 13.2 Å². The Morgan fingerprint density at radius 3 is 1.37 bits per heavy atom. The zero-order chi connectivity index (χ0) is 13.5. The maximum atomic E-state index is 3.92. The molecule has 0 radical (unpaired) electrons. The summed E-state index contributed by atoms with van der Waals surface area (Å²) in [5.74, 6) is 0. The molecule has 2 atom stereocenters. The zero-order valence-electron chi connectivity index (χ0n) is 11.0. The second-order valence-corrected chi connectivity index (χ2v) is 4.41. The second kappa shape index (κ2) is 6.72. The summed E-state index contributed by atoms with van der Waals surface area (Å²) in [4.78, 5) is 0. The van der Waals surface area contributed by atoms with E-state index in [1.807, 2.05) is 48.6 Å². The van der Waals surface area contributed by atoms with E-state index in [9.17, 15) is 0 Å². The highest BCUT2D eigenvalue weighted by Crippen LogP contribution is 2.21. The van der Waals surface area contributed by atoms with Gasteiger partial charge in [-0.1, -0.05) is 72.8 Å². The highest BCUT2D eigenvalue weighted by Gasteiger charge is 2.13. The van der Waals surface area contributed by atoms with Gasteiger partial charge in [0.15, 0.2) is 0 Å². The highest BCUT2D eigenvalue weighted by atomic mass is 14.9. The van der Waals surface area contributed by atoms with Gasteiger partial charge in [0, 0.05) is 0 Å². The minimum atomic E-state index is 0.115. The van der Waals surface area contributed by atoms with Gasteiger partial charge in [0.05, 0.1) is 12.1 Å². The van der Waals surface area contributed by atoms with Crippen LogP contribution in [0, 0.1) is 0 Å². The molecule has 2 unspecified atom stereocenters. The SMILES string of the molecule is C=CC(NC(C=C)c1ccccc1)c1ccccc1. The molecule has 0 heterocycles. The lowest BCUT2D eigenvalue weighted by molar-refractivity contribution is 0.565. The molecule has 0 aromatic heterocycles. The third-order valence-electron chi connectivity index (χ3n) is 3.15. The van der Waals surface area contributed by atoms with E-state index in [-0.39, 0.29) is 12.1 Å². The Morgan fingerprint density at radius 2 is 1.05 bits per heavy atom. The number of benzene rings is 2. The maximum absolute atomic E-state index is 3.92. The normalized spacial score (nSPS) is 13.5. The topological polar surface area (TPSA) is 12.0 Å². The summed E-state index contributed by atoms with van der Waals surface area (Å²) in [6.45, 7) is 7.84. The average Bonchev–Trinajstić information content (AvgIpc) is 2.50. The first-order valence-electron chi connectivity index (χ1n) is 6.46. The Kier molecular flexibility index (Phi) is 4.71. The molecule has 0 saturated heterocycles. The second-order valence-electron chi connectivity index (χ2n) is 4.41. The quantitative estimate of drug-likeness (QED) is 0.747.